The monoisotopic (exact) mass is 319 g/mol. The van der Waals surface area contributed by atoms with Gasteiger partial charge in [-0.15, -0.1) is 0 Å². The number of amidine groups is 1. The minimum atomic E-state index is -0.0430. The number of hydrogen-bond acceptors (Lipinski definition) is 4. The van der Waals surface area contributed by atoms with Crippen LogP contribution in [0.15, 0.2) is 73.6 Å². The van der Waals surface area contributed by atoms with Gasteiger partial charge in [0.15, 0.2) is 0 Å². The lowest BCUT2D eigenvalue weighted by molar-refractivity contribution is 1.23. The molecule has 0 saturated carbocycles. The Balaban J connectivity index is 2.23. The minimum absolute atomic E-state index is 0.0430. The van der Waals surface area contributed by atoms with Crippen LogP contribution in [0.2, 0.25) is 0 Å². The number of nitrogens with one attached hydrogen (secondary N) is 2. The number of benzene rings is 1. The molecule has 0 aliphatic rings. The highest BCUT2D eigenvalue weighted by Crippen LogP contribution is 2.25. The van der Waals surface area contributed by atoms with Crippen LogP contribution >= 0.6 is 0 Å². The van der Waals surface area contributed by atoms with E-state index >= 15 is 0 Å². The molecular formula is C19H21N5. The van der Waals surface area contributed by atoms with Gasteiger partial charge in [-0.25, -0.2) is 0 Å². The van der Waals surface area contributed by atoms with Crippen LogP contribution in [-0.2, 0) is 0 Å². The summed E-state index contributed by atoms with van der Waals surface area (Å²) in [5, 5.41) is 10.8. The zero-order valence-electron chi connectivity index (χ0n) is 13.4. The van der Waals surface area contributed by atoms with E-state index in [1.807, 2.05) is 18.2 Å². The summed E-state index contributed by atoms with van der Waals surface area (Å²) in [5.74, 6) is -0.0430. The zero-order valence-corrected chi connectivity index (χ0v) is 13.4. The second-order valence-electron chi connectivity index (χ2n) is 5.21. The maximum absolute atomic E-state index is 7.49. The molecule has 6 N–H and O–H groups in total. The van der Waals surface area contributed by atoms with Crippen molar-refractivity contribution in [2.24, 2.45) is 5.73 Å². The molecule has 122 valence electrons. The van der Waals surface area contributed by atoms with Gasteiger partial charge < -0.3 is 16.8 Å². The van der Waals surface area contributed by atoms with Gasteiger partial charge in [0.1, 0.15) is 5.84 Å². The van der Waals surface area contributed by atoms with Crippen molar-refractivity contribution in [3.63, 3.8) is 0 Å². The third-order valence-electron chi connectivity index (χ3n) is 3.50. The Labute approximate surface area is 141 Å². The molecule has 5 nitrogen and oxygen atoms in total. The van der Waals surface area contributed by atoms with Crippen molar-refractivity contribution in [3.05, 3.63) is 79.2 Å². The Kier molecular flexibility index (Phi) is 5.52. The fourth-order valence-corrected chi connectivity index (χ4v) is 2.24. The van der Waals surface area contributed by atoms with Gasteiger partial charge in [0.2, 0.25) is 0 Å². The molecule has 0 saturated heterocycles. The smallest absolute Gasteiger partial charge is 0.124 e. The molecule has 24 heavy (non-hydrogen) atoms. The number of pyridine rings is 1. The molecule has 5 heteroatoms. The molecule has 0 spiro atoms. The summed E-state index contributed by atoms with van der Waals surface area (Å²) in [6.45, 7) is 8.09. The lowest BCUT2D eigenvalue weighted by Gasteiger charge is -2.10. The van der Waals surface area contributed by atoms with E-state index in [2.05, 4.69) is 23.5 Å². The molecule has 0 atom stereocenters. The average Bonchev–Trinajstić information content (AvgIpc) is 2.58. The van der Waals surface area contributed by atoms with Crippen LogP contribution in [0.1, 0.15) is 5.56 Å². The molecule has 0 bridgehead atoms. The van der Waals surface area contributed by atoms with E-state index < -0.39 is 0 Å². The molecule has 0 unspecified atom stereocenters. The molecule has 2 aromatic rings. The molecule has 1 aromatic heterocycles. The number of nitrogens with two attached hydrogens (primary N) is 2. The highest BCUT2D eigenvalue weighted by Gasteiger charge is 2.06. The van der Waals surface area contributed by atoms with Gasteiger partial charge in [0.25, 0.3) is 0 Å². The van der Waals surface area contributed by atoms with Crippen LogP contribution in [0, 0.1) is 5.41 Å². The van der Waals surface area contributed by atoms with Crippen molar-refractivity contribution in [1.29, 1.82) is 5.41 Å². The minimum Gasteiger partial charge on any atom is -0.398 e. The first-order valence-electron chi connectivity index (χ1n) is 7.42. The van der Waals surface area contributed by atoms with E-state index in [4.69, 9.17) is 16.9 Å². The summed E-state index contributed by atoms with van der Waals surface area (Å²) < 4.78 is 0. The highest BCUT2D eigenvalue weighted by molar-refractivity contribution is 6.00. The molecular weight excluding hydrogens is 298 g/mol. The van der Waals surface area contributed by atoms with Gasteiger partial charge in [-0.3, -0.25) is 10.4 Å². The molecule has 0 radical (unpaired) electrons. The van der Waals surface area contributed by atoms with Crippen LogP contribution in [0.4, 0.5) is 11.4 Å². The van der Waals surface area contributed by atoms with E-state index in [0.717, 1.165) is 22.4 Å². The average molecular weight is 319 g/mol. The van der Waals surface area contributed by atoms with E-state index in [9.17, 15) is 0 Å². The number of hydrogen-bond donors (Lipinski definition) is 4. The largest absolute Gasteiger partial charge is 0.398 e. The maximum atomic E-state index is 7.49. The second kappa shape index (κ2) is 7.78. The van der Waals surface area contributed by atoms with Gasteiger partial charge in [-0.05, 0) is 29.3 Å². The lowest BCUT2D eigenvalue weighted by atomic mass is 10.0. The normalized spacial score (nSPS) is 10.9. The second-order valence-corrected chi connectivity index (χ2v) is 5.21. The molecule has 0 aliphatic heterocycles. The first kappa shape index (κ1) is 17.0. The predicted molar refractivity (Wildman–Crippen MR) is 102 cm³/mol. The summed E-state index contributed by atoms with van der Waals surface area (Å²) in [5.41, 5.74) is 16.2. The molecule has 2 rings (SSSR count). The third kappa shape index (κ3) is 4.10. The first-order valence-corrected chi connectivity index (χ1v) is 7.42. The van der Waals surface area contributed by atoms with Crippen molar-refractivity contribution < 1.29 is 0 Å². The van der Waals surface area contributed by atoms with Crippen LogP contribution in [0.3, 0.4) is 0 Å². The van der Waals surface area contributed by atoms with Crippen LogP contribution in [0.25, 0.3) is 11.1 Å². The van der Waals surface area contributed by atoms with Crippen molar-refractivity contribution in [1.82, 2.24) is 4.98 Å². The summed E-state index contributed by atoms with van der Waals surface area (Å²) in [4.78, 5) is 4.26. The van der Waals surface area contributed by atoms with Gasteiger partial charge in [-0.2, -0.15) is 0 Å². The maximum Gasteiger partial charge on any atom is 0.124 e. The number of nitrogen functional groups attached to an aromatic ring is 2. The standard InChI is InChI=1S/C19H21N5/c1-3-5-13(4-2)10-24-16-8-15(11-23-12-16)14-6-7-17(19(21)22)18(20)9-14/h3-9,11-12,24H,1-2,10,20H2,(H3,21,22)/b13-5+. The van der Waals surface area contributed by atoms with Crippen LogP contribution in [0.5, 0.6) is 0 Å². The Hall–Kier alpha value is -3.34. The molecule has 0 aliphatic carbocycles. The fraction of sp³-hybridized carbons (Fsp3) is 0.0526. The Bertz CT molecular complexity index is 805. The Morgan fingerprint density at radius 3 is 2.62 bits per heavy atom. The lowest BCUT2D eigenvalue weighted by Crippen LogP contribution is -2.13. The van der Waals surface area contributed by atoms with E-state index in [1.54, 1.807) is 36.7 Å². The van der Waals surface area contributed by atoms with Crippen molar-refractivity contribution in [2.45, 2.75) is 0 Å². The number of aromatic nitrogens is 1. The molecule has 1 aromatic carbocycles. The molecule has 0 fully saturated rings. The van der Waals surface area contributed by atoms with Gasteiger partial charge in [0, 0.05) is 35.8 Å². The fourth-order valence-electron chi connectivity index (χ4n) is 2.24. The number of nitrogens with zero attached hydrogens (tertiary/aromatic N) is 1. The number of allylic oxidation sites excluding steroid dienone is 2. The van der Waals surface area contributed by atoms with E-state index in [-0.39, 0.29) is 5.84 Å². The van der Waals surface area contributed by atoms with Crippen molar-refractivity contribution in [3.8, 4) is 11.1 Å². The van der Waals surface area contributed by atoms with Gasteiger partial charge >= 0.3 is 0 Å². The third-order valence-corrected chi connectivity index (χ3v) is 3.50. The quantitative estimate of drug-likeness (QED) is 0.272. The number of anilines is 2. The van der Waals surface area contributed by atoms with E-state index in [0.29, 0.717) is 17.8 Å². The van der Waals surface area contributed by atoms with Crippen LogP contribution < -0.4 is 16.8 Å². The summed E-state index contributed by atoms with van der Waals surface area (Å²) in [7, 11) is 0. The van der Waals surface area contributed by atoms with Crippen molar-refractivity contribution >= 4 is 17.2 Å². The van der Waals surface area contributed by atoms with E-state index in [1.165, 1.54) is 0 Å². The summed E-state index contributed by atoms with van der Waals surface area (Å²) in [6, 6.07) is 7.41. The predicted octanol–water partition coefficient (Wildman–Crippen LogP) is 3.33. The summed E-state index contributed by atoms with van der Waals surface area (Å²) in [6.07, 6.45) is 8.94. The topological polar surface area (TPSA) is 101 Å². The van der Waals surface area contributed by atoms with Crippen LogP contribution in [-0.4, -0.2) is 17.4 Å². The highest BCUT2D eigenvalue weighted by atomic mass is 14.9. The zero-order chi connectivity index (χ0) is 17.5. The molecule has 0 amide bonds. The summed E-state index contributed by atoms with van der Waals surface area (Å²) >= 11 is 0. The Morgan fingerprint density at radius 2 is 2.00 bits per heavy atom. The number of rotatable bonds is 7. The van der Waals surface area contributed by atoms with Gasteiger partial charge in [-0.1, -0.05) is 37.5 Å². The Morgan fingerprint density at radius 1 is 1.21 bits per heavy atom. The first-order chi connectivity index (χ1) is 11.5. The van der Waals surface area contributed by atoms with Crippen molar-refractivity contribution in [2.75, 3.05) is 17.6 Å². The SMILES string of the molecule is C=C/C=C(\C=C)CNc1cncc(-c2ccc(C(=N)N)c(N)c2)c1. The van der Waals surface area contributed by atoms with Gasteiger partial charge in [0.05, 0.1) is 5.69 Å². The molecule has 1 heterocycles.